The van der Waals surface area contributed by atoms with E-state index in [-0.39, 0.29) is 5.43 Å². The Morgan fingerprint density at radius 3 is 2.88 bits per heavy atom. The van der Waals surface area contributed by atoms with Crippen LogP contribution in [-0.2, 0) is 12.8 Å². The number of aryl methyl sites for hydroxylation is 1. The maximum atomic E-state index is 12.2. The van der Waals surface area contributed by atoms with E-state index in [0.717, 1.165) is 41.5 Å². The van der Waals surface area contributed by atoms with Crippen LogP contribution in [-0.4, -0.2) is 0 Å². The van der Waals surface area contributed by atoms with E-state index in [2.05, 4.69) is 15.9 Å². The van der Waals surface area contributed by atoms with Gasteiger partial charge >= 0.3 is 0 Å². The standard InChI is InChI=1S/C13H11BrO2/c14-8-5-6-12-10(7-8)13(15)9-3-1-2-4-11(9)16-12/h5-7H,1-4H2. The second-order valence-electron chi connectivity index (χ2n) is 4.18. The molecule has 2 nitrogen and oxygen atoms in total. The van der Waals surface area contributed by atoms with Gasteiger partial charge in [-0.3, -0.25) is 4.79 Å². The van der Waals surface area contributed by atoms with Crippen LogP contribution in [0.15, 0.2) is 31.9 Å². The van der Waals surface area contributed by atoms with Crippen LogP contribution in [0.25, 0.3) is 11.0 Å². The van der Waals surface area contributed by atoms with Gasteiger partial charge in [-0.1, -0.05) is 15.9 Å². The third kappa shape index (κ3) is 1.50. The van der Waals surface area contributed by atoms with Crippen LogP contribution >= 0.6 is 15.9 Å². The maximum Gasteiger partial charge on any atom is 0.196 e. The molecule has 1 aromatic carbocycles. The molecular formula is C13H11BrO2. The highest BCUT2D eigenvalue weighted by molar-refractivity contribution is 9.10. The molecule has 0 bridgehead atoms. The van der Waals surface area contributed by atoms with E-state index in [1.54, 1.807) is 0 Å². The lowest BCUT2D eigenvalue weighted by Crippen LogP contribution is -2.16. The summed E-state index contributed by atoms with van der Waals surface area (Å²) in [4.78, 5) is 12.2. The lowest BCUT2D eigenvalue weighted by Gasteiger charge is -2.14. The Balaban J connectivity index is 2.40. The molecule has 0 unspecified atom stereocenters. The number of hydrogen-bond acceptors (Lipinski definition) is 2. The molecular weight excluding hydrogens is 268 g/mol. The third-order valence-corrected chi connectivity index (χ3v) is 3.60. The van der Waals surface area contributed by atoms with Crippen LogP contribution in [0.2, 0.25) is 0 Å². The zero-order valence-electron chi connectivity index (χ0n) is 8.75. The van der Waals surface area contributed by atoms with Crippen molar-refractivity contribution in [3.8, 4) is 0 Å². The van der Waals surface area contributed by atoms with Crippen LogP contribution in [0, 0.1) is 0 Å². The zero-order chi connectivity index (χ0) is 11.1. The van der Waals surface area contributed by atoms with Crippen molar-refractivity contribution in [2.24, 2.45) is 0 Å². The molecule has 0 saturated heterocycles. The van der Waals surface area contributed by atoms with E-state index in [9.17, 15) is 4.79 Å². The molecule has 82 valence electrons. The average molecular weight is 279 g/mol. The van der Waals surface area contributed by atoms with Crippen molar-refractivity contribution in [2.75, 3.05) is 0 Å². The fourth-order valence-electron chi connectivity index (χ4n) is 2.29. The first-order chi connectivity index (χ1) is 7.75. The monoisotopic (exact) mass is 278 g/mol. The van der Waals surface area contributed by atoms with Crippen LogP contribution in [0.3, 0.4) is 0 Å². The predicted molar refractivity (Wildman–Crippen MR) is 66.8 cm³/mol. The van der Waals surface area contributed by atoms with Crippen LogP contribution in [0.1, 0.15) is 24.2 Å². The molecule has 3 rings (SSSR count). The Kier molecular flexibility index (Phi) is 2.36. The molecule has 2 aromatic rings. The fourth-order valence-corrected chi connectivity index (χ4v) is 2.66. The first kappa shape index (κ1) is 10.1. The van der Waals surface area contributed by atoms with E-state index >= 15 is 0 Å². The fraction of sp³-hybridized carbons (Fsp3) is 0.308. The van der Waals surface area contributed by atoms with E-state index in [0.29, 0.717) is 11.0 Å². The van der Waals surface area contributed by atoms with Crippen LogP contribution in [0.5, 0.6) is 0 Å². The molecule has 0 spiro atoms. The van der Waals surface area contributed by atoms with E-state index in [1.165, 1.54) is 0 Å². The highest BCUT2D eigenvalue weighted by Crippen LogP contribution is 2.24. The largest absolute Gasteiger partial charge is 0.461 e. The minimum absolute atomic E-state index is 0.150. The van der Waals surface area contributed by atoms with E-state index < -0.39 is 0 Å². The molecule has 1 aliphatic carbocycles. The van der Waals surface area contributed by atoms with Crippen molar-refractivity contribution < 1.29 is 4.42 Å². The quantitative estimate of drug-likeness (QED) is 0.739. The van der Waals surface area contributed by atoms with Crippen molar-refractivity contribution >= 4 is 26.9 Å². The van der Waals surface area contributed by atoms with Gasteiger partial charge in [-0.25, -0.2) is 0 Å². The van der Waals surface area contributed by atoms with Crippen molar-refractivity contribution in [2.45, 2.75) is 25.7 Å². The van der Waals surface area contributed by atoms with Crippen molar-refractivity contribution in [3.05, 3.63) is 44.2 Å². The molecule has 1 heterocycles. The van der Waals surface area contributed by atoms with Gasteiger partial charge in [-0.05, 0) is 37.5 Å². The van der Waals surface area contributed by atoms with Crippen LogP contribution in [0.4, 0.5) is 0 Å². The lowest BCUT2D eigenvalue weighted by atomic mass is 9.96. The van der Waals surface area contributed by atoms with Gasteiger partial charge in [0.1, 0.15) is 11.3 Å². The summed E-state index contributed by atoms with van der Waals surface area (Å²) < 4.78 is 6.72. The summed E-state index contributed by atoms with van der Waals surface area (Å²) >= 11 is 3.38. The van der Waals surface area contributed by atoms with Gasteiger partial charge < -0.3 is 4.42 Å². The first-order valence-electron chi connectivity index (χ1n) is 5.50. The normalized spacial score (nSPS) is 15.1. The number of halogens is 1. The van der Waals surface area contributed by atoms with Gasteiger partial charge in [0.15, 0.2) is 5.43 Å². The van der Waals surface area contributed by atoms with Gasteiger partial charge in [0.25, 0.3) is 0 Å². The molecule has 0 fully saturated rings. The number of fused-ring (bicyclic) bond motifs is 2. The highest BCUT2D eigenvalue weighted by Gasteiger charge is 2.17. The Morgan fingerprint density at radius 1 is 1.19 bits per heavy atom. The third-order valence-electron chi connectivity index (χ3n) is 3.11. The van der Waals surface area contributed by atoms with E-state index in [4.69, 9.17) is 4.42 Å². The number of hydrogen-bond donors (Lipinski definition) is 0. The molecule has 1 aromatic heterocycles. The molecule has 0 N–H and O–H groups in total. The summed E-state index contributed by atoms with van der Waals surface area (Å²) in [7, 11) is 0. The first-order valence-corrected chi connectivity index (χ1v) is 6.29. The van der Waals surface area contributed by atoms with Crippen molar-refractivity contribution in [3.63, 3.8) is 0 Å². The number of rotatable bonds is 0. The second-order valence-corrected chi connectivity index (χ2v) is 5.10. The Morgan fingerprint density at radius 2 is 2.00 bits per heavy atom. The van der Waals surface area contributed by atoms with Gasteiger partial charge in [-0.15, -0.1) is 0 Å². The second kappa shape index (κ2) is 3.74. The SMILES string of the molecule is O=c1c2c(oc3ccc(Br)cc13)CCCC2. The van der Waals surface area contributed by atoms with Crippen molar-refractivity contribution in [1.29, 1.82) is 0 Å². The molecule has 0 atom stereocenters. The van der Waals surface area contributed by atoms with Gasteiger partial charge in [0.2, 0.25) is 0 Å². The summed E-state index contributed by atoms with van der Waals surface area (Å²) in [6, 6.07) is 5.60. The summed E-state index contributed by atoms with van der Waals surface area (Å²) in [6.07, 6.45) is 3.98. The number of benzene rings is 1. The van der Waals surface area contributed by atoms with E-state index in [1.807, 2.05) is 18.2 Å². The molecule has 0 amide bonds. The minimum atomic E-state index is 0.150. The molecule has 0 aliphatic heterocycles. The molecule has 16 heavy (non-hydrogen) atoms. The molecule has 0 saturated carbocycles. The lowest BCUT2D eigenvalue weighted by molar-refractivity contribution is 0.487. The van der Waals surface area contributed by atoms with Crippen LogP contribution < -0.4 is 5.43 Å². The highest BCUT2D eigenvalue weighted by atomic mass is 79.9. The maximum absolute atomic E-state index is 12.2. The molecule has 1 aliphatic rings. The summed E-state index contributed by atoms with van der Waals surface area (Å²) in [5.41, 5.74) is 1.74. The van der Waals surface area contributed by atoms with Gasteiger partial charge in [-0.2, -0.15) is 0 Å². The Hall–Kier alpha value is -1.09. The Labute approximate surface area is 101 Å². The van der Waals surface area contributed by atoms with Gasteiger partial charge in [0, 0.05) is 16.5 Å². The summed E-state index contributed by atoms with van der Waals surface area (Å²) in [5.74, 6) is 0.895. The predicted octanol–water partition coefficient (Wildman–Crippen LogP) is 3.43. The smallest absolute Gasteiger partial charge is 0.196 e. The van der Waals surface area contributed by atoms with Gasteiger partial charge in [0.05, 0.1) is 5.39 Å². The van der Waals surface area contributed by atoms with Crippen molar-refractivity contribution in [1.82, 2.24) is 0 Å². The Bertz CT molecular complexity index is 613. The minimum Gasteiger partial charge on any atom is -0.461 e. The zero-order valence-corrected chi connectivity index (χ0v) is 10.3. The summed E-state index contributed by atoms with van der Waals surface area (Å²) in [5, 5.41) is 0.690. The average Bonchev–Trinajstić information content (AvgIpc) is 2.31. The topological polar surface area (TPSA) is 30.2 Å². The molecule has 3 heteroatoms. The molecule has 0 radical (unpaired) electrons. The summed E-state index contributed by atoms with van der Waals surface area (Å²) in [6.45, 7) is 0.